The summed E-state index contributed by atoms with van der Waals surface area (Å²) < 4.78 is 9.81. The molecule has 5 aliphatic rings. The van der Waals surface area contributed by atoms with E-state index in [4.69, 9.17) is 4.42 Å². The van der Waals surface area contributed by atoms with Crippen molar-refractivity contribution in [3.05, 3.63) is 215 Å². The summed E-state index contributed by atoms with van der Waals surface area (Å²) in [7, 11) is 0. The Bertz CT molecular complexity index is 4350. The first-order chi connectivity index (χ1) is 38.4. The first kappa shape index (κ1) is 47.2. The number of anilines is 9. The van der Waals surface area contributed by atoms with E-state index < -0.39 is 0 Å². The van der Waals surface area contributed by atoms with Crippen molar-refractivity contribution in [2.24, 2.45) is 0 Å². The lowest BCUT2D eigenvalue weighted by Gasteiger charge is -2.44. The van der Waals surface area contributed by atoms with Crippen LogP contribution in [0, 0.1) is 20.8 Å². The maximum absolute atomic E-state index is 7.08. The van der Waals surface area contributed by atoms with Gasteiger partial charge in [-0.1, -0.05) is 150 Å². The zero-order valence-electron chi connectivity index (χ0n) is 46.4. The highest BCUT2D eigenvalue weighted by Gasteiger charge is 2.49. The first-order valence-electron chi connectivity index (χ1n) is 28.9. The number of hydrogen-bond acceptors (Lipinski definition) is 5. The molecule has 3 aliphatic carbocycles. The molecule has 1 spiro atoms. The smallest absolute Gasteiger partial charge is 0.264 e. The fourth-order valence-electron chi connectivity index (χ4n) is 15.6. The molecule has 2 aromatic heterocycles. The maximum atomic E-state index is 7.08. The molecule has 1 saturated carbocycles. The van der Waals surface area contributed by atoms with E-state index in [2.05, 4.69) is 239 Å². The lowest BCUT2D eigenvalue weighted by molar-refractivity contribution is 0.332. The Labute approximate surface area is 469 Å². The van der Waals surface area contributed by atoms with E-state index in [0.717, 1.165) is 39.7 Å². The minimum atomic E-state index is -0.0452. The molecule has 4 nitrogen and oxygen atoms in total. The van der Waals surface area contributed by atoms with Crippen molar-refractivity contribution in [2.75, 3.05) is 14.7 Å². The van der Waals surface area contributed by atoms with Gasteiger partial charge in [0.05, 0.1) is 11.4 Å². The van der Waals surface area contributed by atoms with Crippen LogP contribution in [-0.2, 0) is 16.2 Å². The lowest BCUT2D eigenvalue weighted by Crippen LogP contribution is -2.60. The summed E-state index contributed by atoms with van der Waals surface area (Å²) >= 11 is 2.02. The van der Waals surface area contributed by atoms with Gasteiger partial charge in [-0.05, 0) is 191 Å². The Morgan fingerprint density at radius 3 is 1.92 bits per heavy atom. The Balaban J connectivity index is 1.02. The summed E-state index contributed by atoms with van der Waals surface area (Å²) in [6.07, 6.45) is 8.48. The van der Waals surface area contributed by atoms with Gasteiger partial charge in [-0.15, -0.1) is 11.3 Å². The van der Waals surface area contributed by atoms with Gasteiger partial charge in [0.15, 0.2) is 5.58 Å². The molecule has 9 aromatic carbocycles. The first-order valence-corrected chi connectivity index (χ1v) is 29.8. The van der Waals surface area contributed by atoms with Crippen LogP contribution < -0.4 is 30.4 Å². The summed E-state index contributed by atoms with van der Waals surface area (Å²) in [5.74, 6) is 0. The monoisotopic (exact) mass is 1040 g/mol. The minimum absolute atomic E-state index is 0.00196. The molecular weight excluding hydrogens is 978 g/mol. The molecule has 79 heavy (non-hydrogen) atoms. The molecule has 1 fully saturated rings. The van der Waals surface area contributed by atoms with Crippen LogP contribution in [0.3, 0.4) is 0 Å². The van der Waals surface area contributed by atoms with Crippen LogP contribution in [-0.4, -0.2) is 6.71 Å². The van der Waals surface area contributed by atoms with Gasteiger partial charge >= 0.3 is 0 Å². The molecule has 4 heterocycles. The van der Waals surface area contributed by atoms with Crippen LogP contribution in [0.2, 0.25) is 0 Å². The van der Waals surface area contributed by atoms with E-state index >= 15 is 0 Å². The second kappa shape index (κ2) is 16.9. The van der Waals surface area contributed by atoms with Crippen LogP contribution in [0.5, 0.6) is 0 Å². The van der Waals surface area contributed by atoms with Gasteiger partial charge in [0, 0.05) is 70.9 Å². The molecule has 0 N–H and O–H groups in total. The molecule has 0 bridgehead atoms. The highest BCUT2D eigenvalue weighted by molar-refractivity contribution is 7.33. The molecule has 0 radical (unpaired) electrons. The number of benzene rings is 9. The van der Waals surface area contributed by atoms with E-state index in [0.29, 0.717) is 0 Å². The van der Waals surface area contributed by atoms with Crippen LogP contribution in [0.15, 0.2) is 180 Å². The molecular formula is C73H64BN3OS. The third kappa shape index (κ3) is 6.67. The van der Waals surface area contributed by atoms with Gasteiger partial charge in [0.1, 0.15) is 5.58 Å². The summed E-state index contributed by atoms with van der Waals surface area (Å²) in [6.45, 7) is 16.6. The molecule has 2 aliphatic heterocycles. The second-order valence-corrected chi connectivity index (χ2v) is 26.2. The summed E-state index contributed by atoms with van der Waals surface area (Å²) in [6, 6.07) is 67.7. The number of furan rings is 1. The SMILES string of the molecule is Cc1cc2c3c(c1)N(c1cccc4c1oc1ccccc14)c1c(sc4cc5c(cc14)C(C)(C)CCC5(C)C)B3c1ccc(N(c3ccccc3C)c3ccccc3C)cc1N2c1ccc2c(c1)C1(CCCCC1)c1ccccc1-2. The molecule has 0 amide bonds. The van der Waals surface area contributed by atoms with Crippen molar-refractivity contribution < 1.29 is 4.42 Å². The Kier molecular flexibility index (Phi) is 10.1. The fraction of sp³-hybridized carbons (Fsp3) is 0.233. The Morgan fingerprint density at radius 1 is 0.506 bits per heavy atom. The van der Waals surface area contributed by atoms with Crippen molar-refractivity contribution in [2.45, 2.75) is 110 Å². The summed E-state index contributed by atoms with van der Waals surface area (Å²) in [5.41, 5.74) is 27.9. The van der Waals surface area contributed by atoms with Crippen LogP contribution in [0.4, 0.5) is 51.2 Å². The van der Waals surface area contributed by atoms with Crippen molar-refractivity contribution in [1.82, 2.24) is 0 Å². The molecule has 16 rings (SSSR count). The number of nitrogens with zero attached hydrogens (tertiary/aromatic N) is 3. The van der Waals surface area contributed by atoms with E-state index in [1.165, 1.54) is 154 Å². The van der Waals surface area contributed by atoms with Gasteiger partial charge in [0.25, 0.3) is 6.71 Å². The minimum Gasteiger partial charge on any atom is -0.454 e. The third-order valence-corrected chi connectivity index (χ3v) is 20.8. The quantitative estimate of drug-likeness (QED) is 0.160. The summed E-state index contributed by atoms with van der Waals surface area (Å²) in [5, 5.41) is 3.61. The topological polar surface area (TPSA) is 22.9 Å². The van der Waals surface area contributed by atoms with Gasteiger partial charge in [-0.2, -0.15) is 0 Å². The largest absolute Gasteiger partial charge is 0.454 e. The lowest BCUT2D eigenvalue weighted by atomic mass is 9.36. The Hall–Kier alpha value is -7.80. The van der Waals surface area contributed by atoms with Crippen molar-refractivity contribution in [3.8, 4) is 11.1 Å². The normalized spacial score (nSPS) is 16.9. The number of fused-ring (bicyclic) bond motifs is 15. The van der Waals surface area contributed by atoms with Gasteiger partial charge in [0.2, 0.25) is 0 Å². The molecule has 0 atom stereocenters. The van der Waals surface area contributed by atoms with Gasteiger partial charge in [-0.3, -0.25) is 0 Å². The Morgan fingerprint density at radius 2 is 1.16 bits per heavy atom. The third-order valence-electron chi connectivity index (χ3n) is 19.6. The van der Waals surface area contributed by atoms with Gasteiger partial charge < -0.3 is 19.1 Å². The predicted octanol–water partition coefficient (Wildman–Crippen LogP) is 18.9. The van der Waals surface area contributed by atoms with E-state index in [1.807, 2.05) is 11.3 Å². The molecule has 6 heteroatoms. The van der Waals surface area contributed by atoms with Crippen molar-refractivity contribution in [3.63, 3.8) is 0 Å². The van der Waals surface area contributed by atoms with Crippen LogP contribution in [0.25, 0.3) is 43.2 Å². The summed E-state index contributed by atoms with van der Waals surface area (Å²) in [4.78, 5) is 7.82. The standard InChI is InChI=1S/C73H64BN3OS/c1-44-38-63-67-64(39-44)77(61-28-19-24-52-51-23-12-16-29-65(51)78-69(52)61)68-53-42-56-57(72(6,7)37-36-71(56,4)5)43-66(53)79-70(68)74(67)58-33-31-48(75(59-26-14-9-20-45(59)2)60-27-15-10-21-46(60)3)41-62(58)76(63)47-30-32-50-49-22-11-13-25-54(49)73(55(50)40-47)34-17-8-18-35-73/h9-16,19-33,38-43H,8,17-18,34-37H2,1-7H3. The number of hydrogen-bond donors (Lipinski definition) is 0. The average molecular weight is 1040 g/mol. The highest BCUT2D eigenvalue weighted by Crippen LogP contribution is 2.59. The van der Waals surface area contributed by atoms with E-state index in [1.54, 1.807) is 0 Å². The second-order valence-electron chi connectivity index (χ2n) is 25.1. The number of rotatable bonds is 5. The zero-order chi connectivity index (χ0) is 53.3. The molecule has 11 aromatic rings. The number of thiophene rings is 1. The fourth-order valence-corrected chi connectivity index (χ4v) is 16.9. The highest BCUT2D eigenvalue weighted by atomic mass is 32.1. The maximum Gasteiger partial charge on any atom is 0.264 e. The van der Waals surface area contributed by atoms with Crippen LogP contribution >= 0.6 is 11.3 Å². The number of aryl methyl sites for hydroxylation is 3. The predicted molar refractivity (Wildman–Crippen MR) is 337 cm³/mol. The van der Waals surface area contributed by atoms with Gasteiger partial charge in [-0.25, -0.2) is 0 Å². The van der Waals surface area contributed by atoms with Crippen molar-refractivity contribution >= 4 is 117 Å². The van der Waals surface area contributed by atoms with Crippen molar-refractivity contribution in [1.29, 1.82) is 0 Å². The average Bonchev–Trinajstić information content (AvgIpc) is 4.08. The zero-order valence-corrected chi connectivity index (χ0v) is 47.2. The molecule has 386 valence electrons. The molecule has 0 saturated heterocycles. The molecule has 0 unspecified atom stereocenters. The van der Waals surface area contributed by atoms with E-state index in [9.17, 15) is 0 Å². The van der Waals surface area contributed by atoms with E-state index in [-0.39, 0.29) is 23.0 Å². The number of para-hydroxylation sites is 4. The van der Waals surface area contributed by atoms with Crippen LogP contribution in [0.1, 0.15) is 112 Å².